The predicted octanol–water partition coefficient (Wildman–Crippen LogP) is 3.92. The molecule has 2 aliphatic rings. The van der Waals surface area contributed by atoms with Crippen molar-refractivity contribution in [2.24, 2.45) is 10.4 Å². The molecule has 0 atom stereocenters. The number of ketones is 1. The smallest absolute Gasteiger partial charge is 0.171 e. The fourth-order valence-electron chi connectivity index (χ4n) is 3.41. The van der Waals surface area contributed by atoms with Crippen LogP contribution in [-0.4, -0.2) is 27.5 Å². The third-order valence-corrected chi connectivity index (χ3v) is 4.98. The Morgan fingerprint density at radius 1 is 1.35 bits per heavy atom. The van der Waals surface area contributed by atoms with Crippen LogP contribution in [0.25, 0.3) is 0 Å². The quantitative estimate of drug-likeness (QED) is 0.553. The van der Waals surface area contributed by atoms with E-state index in [2.05, 4.69) is 27.5 Å². The van der Waals surface area contributed by atoms with Crippen molar-refractivity contribution in [2.45, 2.75) is 59.4 Å². The monoisotopic (exact) mass is 355 g/mol. The summed E-state index contributed by atoms with van der Waals surface area (Å²) in [5, 5.41) is 2.12. The molecule has 140 valence electrons. The van der Waals surface area contributed by atoms with Crippen LogP contribution >= 0.6 is 0 Å². The van der Waals surface area contributed by atoms with E-state index < -0.39 is 5.41 Å². The van der Waals surface area contributed by atoms with Crippen LogP contribution in [0.5, 0.6) is 0 Å². The van der Waals surface area contributed by atoms with Gasteiger partial charge in [-0.3, -0.25) is 9.80 Å². The first kappa shape index (κ1) is 18.5. The van der Waals surface area contributed by atoms with Crippen LogP contribution in [0.4, 0.5) is 5.69 Å². The average molecular weight is 355 g/mol. The van der Waals surface area contributed by atoms with E-state index >= 15 is 0 Å². The Bertz CT molecular complexity index is 760. The number of H-pyrrole nitrogens is 1. The highest BCUT2D eigenvalue weighted by Crippen LogP contribution is 2.31. The standard InChI is InChI=1S/C20H29N5O/c1-6-16(17-12-25(24-23-17)14-9-7-8-10-14)22-18-13(2)21-11-15(18)19(26)20(3,4)5/h6,11-12,14,21,23-24H,1,7-10H2,2-5H3. The molecule has 1 aliphatic heterocycles. The van der Waals surface area contributed by atoms with Crippen molar-refractivity contribution in [3.63, 3.8) is 0 Å². The first-order chi connectivity index (χ1) is 12.3. The van der Waals surface area contributed by atoms with Crippen LogP contribution in [0.1, 0.15) is 62.5 Å². The van der Waals surface area contributed by atoms with E-state index in [0.717, 1.165) is 11.4 Å². The second kappa shape index (κ2) is 7.11. The van der Waals surface area contributed by atoms with Gasteiger partial charge in [-0.25, -0.2) is 4.99 Å². The minimum atomic E-state index is -0.459. The predicted molar refractivity (Wildman–Crippen MR) is 105 cm³/mol. The zero-order valence-electron chi connectivity index (χ0n) is 16.1. The van der Waals surface area contributed by atoms with Crippen molar-refractivity contribution >= 4 is 17.2 Å². The van der Waals surface area contributed by atoms with Crippen molar-refractivity contribution in [3.8, 4) is 0 Å². The Hall–Kier alpha value is -2.34. The minimum Gasteiger partial charge on any atom is -0.363 e. The lowest BCUT2D eigenvalue weighted by atomic mass is 9.87. The van der Waals surface area contributed by atoms with Crippen LogP contribution < -0.4 is 11.0 Å². The molecule has 3 rings (SSSR count). The van der Waals surface area contributed by atoms with Gasteiger partial charge in [-0.2, -0.15) is 0 Å². The molecule has 0 spiro atoms. The molecule has 1 aromatic heterocycles. The molecule has 0 bridgehead atoms. The van der Waals surface area contributed by atoms with Crippen molar-refractivity contribution in [1.29, 1.82) is 0 Å². The number of carbonyl (C=O) groups excluding carboxylic acids is 1. The number of hydrogen-bond donors (Lipinski definition) is 3. The lowest BCUT2D eigenvalue weighted by Crippen LogP contribution is -2.42. The third-order valence-electron chi connectivity index (χ3n) is 4.98. The zero-order valence-corrected chi connectivity index (χ0v) is 16.1. The Kier molecular flexibility index (Phi) is 5.05. The van der Waals surface area contributed by atoms with E-state index in [1.54, 1.807) is 12.3 Å². The van der Waals surface area contributed by atoms with Gasteiger partial charge in [-0.05, 0) is 25.8 Å². The number of aromatic amines is 1. The molecule has 2 heterocycles. The van der Waals surface area contributed by atoms with E-state index in [9.17, 15) is 4.79 Å². The number of aromatic nitrogens is 1. The van der Waals surface area contributed by atoms with Crippen LogP contribution in [0, 0.1) is 12.3 Å². The topological polar surface area (TPSA) is 72.5 Å². The summed E-state index contributed by atoms with van der Waals surface area (Å²) in [6, 6.07) is 0.512. The maximum atomic E-state index is 12.8. The van der Waals surface area contributed by atoms with E-state index in [-0.39, 0.29) is 5.78 Å². The van der Waals surface area contributed by atoms with Gasteiger partial charge in [0.1, 0.15) is 0 Å². The van der Waals surface area contributed by atoms with E-state index in [0.29, 0.717) is 23.0 Å². The van der Waals surface area contributed by atoms with E-state index in [1.807, 2.05) is 33.9 Å². The lowest BCUT2D eigenvalue weighted by molar-refractivity contribution is 0.0859. The molecule has 0 aromatic carbocycles. The normalized spacial score (nSPS) is 18.8. The van der Waals surface area contributed by atoms with Crippen molar-refractivity contribution in [3.05, 3.63) is 42.0 Å². The second-order valence-corrected chi connectivity index (χ2v) is 8.08. The molecule has 3 N–H and O–H groups in total. The molecule has 0 unspecified atom stereocenters. The zero-order chi connectivity index (χ0) is 18.9. The molecule has 6 heteroatoms. The number of hydrazine groups is 2. The highest BCUT2D eigenvalue weighted by molar-refractivity contribution is 6.11. The number of hydrogen-bond acceptors (Lipinski definition) is 5. The fourth-order valence-corrected chi connectivity index (χ4v) is 3.41. The van der Waals surface area contributed by atoms with Crippen molar-refractivity contribution < 1.29 is 4.79 Å². The Balaban J connectivity index is 1.91. The number of carbonyl (C=O) groups is 1. The first-order valence-corrected chi connectivity index (χ1v) is 9.27. The van der Waals surface area contributed by atoms with Crippen LogP contribution in [-0.2, 0) is 0 Å². The van der Waals surface area contributed by atoms with Crippen LogP contribution in [0.2, 0.25) is 0 Å². The molecule has 1 saturated carbocycles. The maximum absolute atomic E-state index is 12.8. The molecule has 0 radical (unpaired) electrons. The minimum absolute atomic E-state index is 0.0723. The fraction of sp³-hybridized carbons (Fsp3) is 0.500. The lowest BCUT2D eigenvalue weighted by Gasteiger charge is -2.22. The summed E-state index contributed by atoms with van der Waals surface area (Å²) in [5.41, 5.74) is 9.68. The summed E-state index contributed by atoms with van der Waals surface area (Å²) in [6.07, 6.45) is 10.5. The van der Waals surface area contributed by atoms with E-state index in [1.165, 1.54) is 25.7 Å². The number of aryl methyl sites for hydroxylation is 1. The molecule has 1 fully saturated rings. The van der Waals surface area contributed by atoms with Gasteiger partial charge in [-0.15, -0.1) is 5.53 Å². The average Bonchev–Trinajstić information content (AvgIpc) is 3.32. The number of rotatable bonds is 5. The van der Waals surface area contributed by atoms with Crippen LogP contribution in [0.3, 0.4) is 0 Å². The van der Waals surface area contributed by atoms with Gasteiger partial charge < -0.3 is 10.4 Å². The van der Waals surface area contributed by atoms with Crippen molar-refractivity contribution in [1.82, 2.24) is 21.0 Å². The van der Waals surface area contributed by atoms with Gasteiger partial charge in [0.25, 0.3) is 0 Å². The Morgan fingerprint density at radius 2 is 2.04 bits per heavy atom. The summed E-state index contributed by atoms with van der Waals surface area (Å²) >= 11 is 0. The highest BCUT2D eigenvalue weighted by atomic mass is 16.1. The maximum Gasteiger partial charge on any atom is 0.171 e. The van der Waals surface area contributed by atoms with Crippen LogP contribution in [0.15, 0.2) is 35.7 Å². The molecular weight excluding hydrogens is 326 g/mol. The molecule has 0 saturated heterocycles. The van der Waals surface area contributed by atoms with Gasteiger partial charge >= 0.3 is 0 Å². The van der Waals surface area contributed by atoms with Gasteiger partial charge in [0.05, 0.1) is 22.7 Å². The molecular formula is C20H29N5O. The highest BCUT2D eigenvalue weighted by Gasteiger charge is 2.28. The number of aliphatic imine (C=N–C) groups is 1. The molecule has 6 nitrogen and oxygen atoms in total. The summed E-state index contributed by atoms with van der Waals surface area (Å²) < 4.78 is 0. The summed E-state index contributed by atoms with van der Waals surface area (Å²) in [5.74, 6) is 0.0723. The summed E-state index contributed by atoms with van der Waals surface area (Å²) in [4.78, 5) is 20.7. The summed E-state index contributed by atoms with van der Waals surface area (Å²) in [6.45, 7) is 11.6. The SMILES string of the molecule is C=CC(=Nc1c(C(=O)C(C)(C)C)c[nH]c1C)C1=CN(C2CCCC2)NN1. The largest absolute Gasteiger partial charge is 0.363 e. The van der Waals surface area contributed by atoms with Gasteiger partial charge in [0.2, 0.25) is 0 Å². The second-order valence-electron chi connectivity index (χ2n) is 8.08. The van der Waals surface area contributed by atoms with Gasteiger partial charge in [0.15, 0.2) is 5.78 Å². The summed E-state index contributed by atoms with van der Waals surface area (Å²) in [7, 11) is 0. The van der Waals surface area contributed by atoms with Gasteiger partial charge in [-0.1, -0.05) is 40.2 Å². The number of allylic oxidation sites excluding steroid dienone is 1. The third kappa shape index (κ3) is 3.60. The molecule has 1 aromatic rings. The first-order valence-electron chi connectivity index (χ1n) is 9.27. The Labute approximate surface area is 155 Å². The number of nitrogens with one attached hydrogen (secondary N) is 3. The van der Waals surface area contributed by atoms with E-state index in [4.69, 9.17) is 4.99 Å². The van der Waals surface area contributed by atoms with Gasteiger partial charge in [0, 0.05) is 29.5 Å². The van der Waals surface area contributed by atoms with Crippen molar-refractivity contribution in [2.75, 3.05) is 0 Å². The number of nitrogens with zero attached hydrogens (tertiary/aromatic N) is 2. The molecule has 0 amide bonds. The molecule has 1 aliphatic carbocycles. The number of Topliss-reactive ketones (excluding diaryl/α,β-unsaturated/α-hetero) is 1. The molecule has 26 heavy (non-hydrogen) atoms. The Morgan fingerprint density at radius 3 is 2.65 bits per heavy atom.